The largest absolute Gasteiger partial charge is 0.310 e. The molecule has 1 unspecified atom stereocenters. The third-order valence-corrected chi connectivity index (χ3v) is 3.78. The smallest absolute Gasteiger partial charge is 0.159 e. The Labute approximate surface area is 108 Å². The summed E-state index contributed by atoms with van der Waals surface area (Å²) >= 11 is 0. The van der Waals surface area contributed by atoms with E-state index in [0.717, 1.165) is 12.0 Å². The zero-order valence-corrected chi connectivity index (χ0v) is 11.1. The minimum Gasteiger partial charge on any atom is -0.310 e. The van der Waals surface area contributed by atoms with Crippen LogP contribution in [0.4, 0.5) is 8.78 Å². The van der Waals surface area contributed by atoms with Crippen molar-refractivity contribution >= 4 is 0 Å². The SMILES string of the molecule is CC1(C)CCCC(NCc2ccc(F)c(F)c2)C1. The number of nitrogens with one attached hydrogen (secondary N) is 1. The summed E-state index contributed by atoms with van der Waals surface area (Å²) in [5, 5.41) is 3.45. The maximum Gasteiger partial charge on any atom is 0.159 e. The number of hydrogen-bond donors (Lipinski definition) is 1. The van der Waals surface area contributed by atoms with Crippen molar-refractivity contribution in [3.63, 3.8) is 0 Å². The quantitative estimate of drug-likeness (QED) is 0.857. The summed E-state index contributed by atoms with van der Waals surface area (Å²) in [5.41, 5.74) is 1.20. The molecule has 0 aliphatic heterocycles. The molecule has 1 aromatic rings. The summed E-state index contributed by atoms with van der Waals surface area (Å²) in [4.78, 5) is 0. The van der Waals surface area contributed by atoms with Gasteiger partial charge in [-0.15, -0.1) is 0 Å². The molecule has 1 aliphatic carbocycles. The van der Waals surface area contributed by atoms with Gasteiger partial charge in [-0.05, 0) is 42.4 Å². The van der Waals surface area contributed by atoms with Crippen LogP contribution in [0.1, 0.15) is 45.1 Å². The third-order valence-electron chi connectivity index (χ3n) is 3.78. The highest BCUT2D eigenvalue weighted by Gasteiger charge is 2.27. The summed E-state index contributed by atoms with van der Waals surface area (Å²) in [6, 6.07) is 4.59. The lowest BCUT2D eigenvalue weighted by molar-refractivity contribution is 0.197. The summed E-state index contributed by atoms with van der Waals surface area (Å²) in [5.74, 6) is -1.55. The molecular formula is C15H21F2N. The van der Waals surface area contributed by atoms with E-state index in [4.69, 9.17) is 0 Å². The van der Waals surface area contributed by atoms with E-state index in [9.17, 15) is 8.78 Å². The van der Waals surface area contributed by atoms with Crippen molar-refractivity contribution in [1.29, 1.82) is 0 Å². The maximum atomic E-state index is 13.1. The summed E-state index contributed by atoms with van der Waals surface area (Å²) in [7, 11) is 0. The van der Waals surface area contributed by atoms with Crippen molar-refractivity contribution in [2.24, 2.45) is 5.41 Å². The van der Waals surface area contributed by atoms with Gasteiger partial charge in [-0.25, -0.2) is 8.78 Å². The molecule has 1 aliphatic rings. The van der Waals surface area contributed by atoms with E-state index in [1.165, 1.54) is 31.4 Å². The Balaban J connectivity index is 1.89. The van der Waals surface area contributed by atoms with Gasteiger partial charge < -0.3 is 5.32 Å². The number of hydrogen-bond acceptors (Lipinski definition) is 1. The van der Waals surface area contributed by atoms with Crippen LogP contribution in [0.15, 0.2) is 18.2 Å². The highest BCUT2D eigenvalue weighted by Crippen LogP contribution is 2.35. The van der Waals surface area contributed by atoms with Crippen LogP contribution in [-0.2, 0) is 6.54 Å². The second kappa shape index (κ2) is 5.35. The van der Waals surface area contributed by atoms with Crippen molar-refractivity contribution in [2.45, 2.75) is 52.1 Å². The topological polar surface area (TPSA) is 12.0 Å². The summed E-state index contributed by atoms with van der Waals surface area (Å²) in [6.07, 6.45) is 4.84. The van der Waals surface area contributed by atoms with Crippen molar-refractivity contribution in [3.05, 3.63) is 35.4 Å². The zero-order valence-electron chi connectivity index (χ0n) is 11.1. The molecule has 0 aromatic heterocycles. The van der Waals surface area contributed by atoms with Crippen LogP contribution < -0.4 is 5.32 Å². The Kier molecular flexibility index (Phi) is 4.00. The van der Waals surface area contributed by atoms with Gasteiger partial charge in [-0.1, -0.05) is 26.3 Å². The molecule has 18 heavy (non-hydrogen) atoms. The molecule has 3 heteroatoms. The lowest BCUT2D eigenvalue weighted by atomic mass is 9.75. The second-order valence-corrected chi connectivity index (χ2v) is 6.09. The highest BCUT2D eigenvalue weighted by atomic mass is 19.2. The molecule has 1 saturated carbocycles. The van der Waals surface area contributed by atoms with Gasteiger partial charge in [0.15, 0.2) is 11.6 Å². The first-order valence-electron chi connectivity index (χ1n) is 6.64. The first-order valence-corrected chi connectivity index (χ1v) is 6.64. The molecule has 0 heterocycles. The van der Waals surface area contributed by atoms with Crippen LogP contribution in [0, 0.1) is 17.0 Å². The Morgan fingerprint density at radius 2 is 2.06 bits per heavy atom. The molecule has 0 bridgehead atoms. The number of benzene rings is 1. The fraction of sp³-hybridized carbons (Fsp3) is 0.600. The first kappa shape index (κ1) is 13.5. The van der Waals surface area contributed by atoms with E-state index < -0.39 is 11.6 Å². The average Bonchev–Trinajstić information content (AvgIpc) is 2.29. The Morgan fingerprint density at radius 1 is 1.28 bits per heavy atom. The molecule has 0 amide bonds. The van der Waals surface area contributed by atoms with Gasteiger partial charge in [-0.3, -0.25) is 0 Å². The van der Waals surface area contributed by atoms with Crippen molar-refractivity contribution < 1.29 is 8.78 Å². The van der Waals surface area contributed by atoms with Crippen molar-refractivity contribution in [3.8, 4) is 0 Å². The van der Waals surface area contributed by atoms with E-state index in [-0.39, 0.29) is 0 Å². The van der Waals surface area contributed by atoms with Gasteiger partial charge in [0.1, 0.15) is 0 Å². The third kappa shape index (κ3) is 3.52. The van der Waals surface area contributed by atoms with Crippen molar-refractivity contribution in [1.82, 2.24) is 5.32 Å². The average molecular weight is 253 g/mol. The Bertz CT molecular complexity index is 415. The summed E-state index contributed by atoms with van der Waals surface area (Å²) in [6.45, 7) is 5.19. The van der Waals surface area contributed by atoms with Crippen LogP contribution in [0.25, 0.3) is 0 Å². The van der Waals surface area contributed by atoms with Gasteiger partial charge >= 0.3 is 0 Å². The molecule has 1 atom stereocenters. The highest BCUT2D eigenvalue weighted by molar-refractivity contribution is 5.17. The minimum atomic E-state index is -0.780. The summed E-state index contributed by atoms with van der Waals surface area (Å²) < 4.78 is 25.9. The van der Waals surface area contributed by atoms with E-state index in [1.807, 2.05) is 0 Å². The fourth-order valence-electron chi connectivity index (χ4n) is 2.78. The van der Waals surface area contributed by atoms with E-state index in [2.05, 4.69) is 19.2 Å². The lowest BCUT2D eigenvalue weighted by Gasteiger charge is -2.35. The van der Waals surface area contributed by atoms with E-state index >= 15 is 0 Å². The normalized spacial score (nSPS) is 23.0. The molecule has 0 saturated heterocycles. The van der Waals surface area contributed by atoms with Crippen LogP contribution in [0.2, 0.25) is 0 Å². The molecule has 1 N–H and O–H groups in total. The van der Waals surface area contributed by atoms with E-state index in [1.54, 1.807) is 6.07 Å². The maximum absolute atomic E-state index is 13.1. The molecule has 1 aromatic carbocycles. The molecule has 1 fully saturated rings. The number of halogens is 2. The lowest BCUT2D eigenvalue weighted by Crippen LogP contribution is -2.36. The van der Waals surface area contributed by atoms with Crippen LogP contribution in [0.3, 0.4) is 0 Å². The molecule has 0 spiro atoms. The first-order chi connectivity index (χ1) is 8.46. The molecule has 2 rings (SSSR count). The van der Waals surface area contributed by atoms with Crippen molar-refractivity contribution in [2.75, 3.05) is 0 Å². The van der Waals surface area contributed by atoms with Crippen LogP contribution >= 0.6 is 0 Å². The fourth-order valence-corrected chi connectivity index (χ4v) is 2.78. The number of rotatable bonds is 3. The van der Waals surface area contributed by atoms with Gasteiger partial charge in [0.2, 0.25) is 0 Å². The molecule has 100 valence electrons. The van der Waals surface area contributed by atoms with Gasteiger partial charge in [0.05, 0.1) is 0 Å². The van der Waals surface area contributed by atoms with E-state index in [0.29, 0.717) is 18.0 Å². The standard InChI is InChI=1S/C15H21F2N/c1-15(2)7-3-4-12(9-15)18-10-11-5-6-13(16)14(17)8-11/h5-6,8,12,18H,3-4,7,9-10H2,1-2H3. The predicted octanol–water partition coefficient (Wildman–Crippen LogP) is 4.02. The monoisotopic (exact) mass is 253 g/mol. The Hall–Kier alpha value is -0.960. The molecule has 1 nitrogen and oxygen atoms in total. The van der Waals surface area contributed by atoms with Crippen LogP contribution in [0.5, 0.6) is 0 Å². The molecule has 0 radical (unpaired) electrons. The van der Waals surface area contributed by atoms with Crippen LogP contribution in [-0.4, -0.2) is 6.04 Å². The zero-order chi connectivity index (χ0) is 13.2. The second-order valence-electron chi connectivity index (χ2n) is 6.09. The molecular weight excluding hydrogens is 232 g/mol. The van der Waals surface area contributed by atoms with Gasteiger partial charge in [0.25, 0.3) is 0 Å². The predicted molar refractivity (Wildman–Crippen MR) is 69.2 cm³/mol. The minimum absolute atomic E-state index is 0.393. The van der Waals surface area contributed by atoms with Gasteiger partial charge in [0, 0.05) is 12.6 Å². The van der Waals surface area contributed by atoms with Gasteiger partial charge in [-0.2, -0.15) is 0 Å². The Morgan fingerprint density at radius 3 is 2.72 bits per heavy atom.